The molecule has 0 saturated carbocycles. The van der Waals surface area contributed by atoms with E-state index in [0.29, 0.717) is 27.5 Å². The number of aromatic amines is 1. The highest BCUT2D eigenvalue weighted by atomic mass is 32.2. The Hall–Kier alpha value is -3.62. The number of aromatic nitrogens is 5. The smallest absolute Gasteiger partial charge is 0.262 e. The first-order chi connectivity index (χ1) is 17.7. The number of halogens is 3. The lowest BCUT2D eigenvalue weighted by molar-refractivity contribution is -0.117. The van der Waals surface area contributed by atoms with Gasteiger partial charge in [0.2, 0.25) is 11.9 Å². The van der Waals surface area contributed by atoms with Crippen LogP contribution in [0.15, 0.2) is 52.6 Å². The molecule has 1 saturated heterocycles. The van der Waals surface area contributed by atoms with E-state index in [1.807, 2.05) is 25.1 Å². The number of hydrogen-bond acceptors (Lipinski definition) is 8. The molecule has 5 rings (SSSR count). The average Bonchev–Trinajstić information content (AvgIpc) is 3.54. The van der Waals surface area contributed by atoms with E-state index in [4.69, 9.17) is 0 Å². The lowest BCUT2D eigenvalue weighted by Crippen LogP contribution is -2.39. The van der Waals surface area contributed by atoms with E-state index in [1.54, 1.807) is 16.7 Å². The van der Waals surface area contributed by atoms with Crippen LogP contribution in [0.3, 0.4) is 0 Å². The standard InChI is InChI=1S/C23H23F3N8O2S/c1-13-7-18(32-31-13)28-21-30-22(29-19-3-2-6-34(19)21)37-15-4-5-17(16(24)8-15)27-20(36)10-33-12-23(25,26)9-14(33)11-35/h2-8,14,35H,9-12H2,1H3,(H,27,36)(H2,28,29,30,31,32). The van der Waals surface area contributed by atoms with Crippen molar-refractivity contribution in [2.75, 3.05) is 30.3 Å². The Morgan fingerprint density at radius 1 is 1.30 bits per heavy atom. The van der Waals surface area contributed by atoms with Gasteiger partial charge in [0.15, 0.2) is 11.0 Å². The molecule has 1 aliphatic heterocycles. The Morgan fingerprint density at radius 3 is 2.86 bits per heavy atom. The average molecular weight is 533 g/mol. The predicted molar refractivity (Wildman–Crippen MR) is 131 cm³/mol. The van der Waals surface area contributed by atoms with Crippen LogP contribution in [0.1, 0.15) is 12.1 Å². The van der Waals surface area contributed by atoms with Crippen molar-refractivity contribution in [2.24, 2.45) is 0 Å². The molecule has 4 heterocycles. The second-order valence-corrected chi connectivity index (χ2v) is 9.76. The van der Waals surface area contributed by atoms with Gasteiger partial charge in [-0.05, 0) is 49.0 Å². The number of anilines is 3. The Labute approximate surface area is 213 Å². The maximum atomic E-state index is 14.8. The zero-order valence-corrected chi connectivity index (χ0v) is 20.4. The minimum absolute atomic E-state index is 0.0833. The Bertz CT molecular complexity index is 1440. The van der Waals surface area contributed by atoms with Crippen molar-refractivity contribution in [3.63, 3.8) is 0 Å². The number of nitrogens with zero attached hydrogens (tertiary/aromatic N) is 5. The van der Waals surface area contributed by atoms with Crippen molar-refractivity contribution in [2.45, 2.75) is 35.4 Å². The summed E-state index contributed by atoms with van der Waals surface area (Å²) in [5.74, 6) is -3.27. The van der Waals surface area contributed by atoms with Gasteiger partial charge in [-0.1, -0.05) is 0 Å². The van der Waals surface area contributed by atoms with Crippen LogP contribution in [0.5, 0.6) is 0 Å². The van der Waals surface area contributed by atoms with Crippen LogP contribution in [-0.4, -0.2) is 72.1 Å². The van der Waals surface area contributed by atoms with Gasteiger partial charge in [0, 0.05) is 35.3 Å². The van der Waals surface area contributed by atoms with E-state index in [-0.39, 0.29) is 12.2 Å². The number of aliphatic hydroxyl groups excluding tert-OH is 1. The summed E-state index contributed by atoms with van der Waals surface area (Å²) in [7, 11) is 0. The number of carbonyl (C=O) groups excluding carboxylic acids is 1. The first-order valence-electron chi connectivity index (χ1n) is 11.3. The first-order valence-corrected chi connectivity index (χ1v) is 12.1. The van der Waals surface area contributed by atoms with E-state index in [2.05, 4.69) is 30.8 Å². The van der Waals surface area contributed by atoms with Gasteiger partial charge in [0.05, 0.1) is 25.4 Å². The highest BCUT2D eigenvalue weighted by Crippen LogP contribution is 2.32. The molecule has 3 aromatic heterocycles. The van der Waals surface area contributed by atoms with Gasteiger partial charge >= 0.3 is 0 Å². The molecule has 1 aromatic carbocycles. The number of hydrogen-bond donors (Lipinski definition) is 4. The number of likely N-dealkylation sites (tertiary alicyclic amines) is 1. The van der Waals surface area contributed by atoms with Crippen LogP contribution in [0.25, 0.3) is 5.65 Å². The molecule has 1 atom stereocenters. The topological polar surface area (TPSA) is 123 Å². The van der Waals surface area contributed by atoms with Crippen LogP contribution in [-0.2, 0) is 4.79 Å². The largest absolute Gasteiger partial charge is 0.395 e. The molecular weight excluding hydrogens is 509 g/mol. The van der Waals surface area contributed by atoms with Gasteiger partial charge in [-0.3, -0.25) is 19.2 Å². The van der Waals surface area contributed by atoms with Gasteiger partial charge in [-0.25, -0.2) is 18.2 Å². The summed E-state index contributed by atoms with van der Waals surface area (Å²) in [5, 5.41) is 22.2. The molecule has 1 amide bonds. The molecule has 4 aromatic rings. The fraction of sp³-hybridized carbons (Fsp3) is 0.304. The number of aryl methyl sites for hydroxylation is 1. The Morgan fingerprint density at radius 2 is 2.14 bits per heavy atom. The highest BCUT2D eigenvalue weighted by molar-refractivity contribution is 7.99. The van der Waals surface area contributed by atoms with Gasteiger partial charge in [0.25, 0.3) is 5.92 Å². The molecule has 10 nitrogen and oxygen atoms in total. The summed E-state index contributed by atoms with van der Waals surface area (Å²) < 4.78 is 43.8. The van der Waals surface area contributed by atoms with Crippen LogP contribution in [0.2, 0.25) is 0 Å². The molecule has 0 spiro atoms. The summed E-state index contributed by atoms with van der Waals surface area (Å²) in [4.78, 5) is 23.1. The molecule has 0 aliphatic carbocycles. The summed E-state index contributed by atoms with van der Waals surface area (Å²) in [6.07, 6.45) is 1.28. The molecule has 1 aliphatic rings. The van der Waals surface area contributed by atoms with Gasteiger partial charge < -0.3 is 15.7 Å². The van der Waals surface area contributed by atoms with Crippen LogP contribution in [0.4, 0.5) is 30.6 Å². The van der Waals surface area contributed by atoms with Crippen molar-refractivity contribution in [3.8, 4) is 0 Å². The third-order valence-corrected chi connectivity index (χ3v) is 6.63. The zero-order chi connectivity index (χ0) is 26.2. The van der Waals surface area contributed by atoms with E-state index >= 15 is 0 Å². The SMILES string of the molecule is Cc1cc(Nc2nc(Sc3ccc(NC(=O)CN4CC(F)(F)CC4CO)c(F)c3)nc3cccn23)n[nH]1. The number of alkyl halides is 2. The number of H-pyrrole nitrogens is 1. The van der Waals surface area contributed by atoms with E-state index < -0.39 is 43.3 Å². The minimum atomic E-state index is -2.98. The number of aliphatic hydroxyl groups is 1. The molecular formula is C23H23F3N8O2S. The minimum Gasteiger partial charge on any atom is -0.395 e. The highest BCUT2D eigenvalue weighted by Gasteiger charge is 2.45. The third kappa shape index (κ3) is 5.70. The monoisotopic (exact) mass is 532 g/mol. The third-order valence-electron chi connectivity index (χ3n) is 5.78. The summed E-state index contributed by atoms with van der Waals surface area (Å²) in [6, 6.07) is 8.85. The summed E-state index contributed by atoms with van der Waals surface area (Å²) in [6.45, 7) is 0.375. The molecule has 0 radical (unpaired) electrons. The fourth-order valence-electron chi connectivity index (χ4n) is 4.11. The van der Waals surface area contributed by atoms with Crippen LogP contribution >= 0.6 is 11.8 Å². The molecule has 14 heteroatoms. The number of rotatable bonds is 8. The second kappa shape index (κ2) is 10.0. The lowest BCUT2D eigenvalue weighted by atomic mass is 10.2. The number of fused-ring (bicyclic) bond motifs is 1. The van der Waals surface area contributed by atoms with Crippen molar-refractivity contribution in [1.29, 1.82) is 0 Å². The van der Waals surface area contributed by atoms with Gasteiger partial charge in [0.1, 0.15) is 11.5 Å². The van der Waals surface area contributed by atoms with Crippen molar-refractivity contribution in [3.05, 3.63) is 54.1 Å². The molecule has 1 fully saturated rings. The number of nitrogens with one attached hydrogen (secondary N) is 3. The van der Waals surface area contributed by atoms with E-state index in [9.17, 15) is 23.1 Å². The quantitative estimate of drug-likeness (QED) is 0.272. The van der Waals surface area contributed by atoms with E-state index in [1.165, 1.54) is 17.0 Å². The number of carbonyl (C=O) groups is 1. The van der Waals surface area contributed by atoms with Gasteiger partial charge in [-0.15, -0.1) is 0 Å². The maximum absolute atomic E-state index is 14.8. The second-order valence-electron chi connectivity index (χ2n) is 8.72. The molecule has 1 unspecified atom stereocenters. The molecule has 37 heavy (non-hydrogen) atoms. The molecule has 0 bridgehead atoms. The number of amides is 1. The van der Waals surface area contributed by atoms with Crippen LogP contribution < -0.4 is 10.6 Å². The van der Waals surface area contributed by atoms with Crippen molar-refractivity contribution >= 4 is 40.8 Å². The Balaban J connectivity index is 1.28. The van der Waals surface area contributed by atoms with Crippen molar-refractivity contribution < 1.29 is 23.1 Å². The predicted octanol–water partition coefficient (Wildman–Crippen LogP) is 3.44. The number of benzene rings is 1. The van der Waals surface area contributed by atoms with E-state index in [0.717, 1.165) is 17.5 Å². The Kier molecular flexibility index (Phi) is 6.79. The zero-order valence-electron chi connectivity index (χ0n) is 19.6. The fourth-order valence-corrected chi connectivity index (χ4v) is 4.89. The summed E-state index contributed by atoms with van der Waals surface area (Å²) >= 11 is 1.13. The lowest BCUT2D eigenvalue weighted by Gasteiger charge is -2.21. The molecule has 4 N–H and O–H groups in total. The normalized spacial score (nSPS) is 17.4. The first kappa shape index (κ1) is 25.0. The summed E-state index contributed by atoms with van der Waals surface area (Å²) in [5.41, 5.74) is 1.43. The molecule has 194 valence electrons. The van der Waals surface area contributed by atoms with Crippen LogP contribution in [0, 0.1) is 12.7 Å². The van der Waals surface area contributed by atoms with Gasteiger partial charge in [-0.2, -0.15) is 10.1 Å². The van der Waals surface area contributed by atoms with Crippen molar-refractivity contribution in [1.82, 2.24) is 29.5 Å². The maximum Gasteiger partial charge on any atom is 0.262 e.